The number of fused-ring (bicyclic) bond motifs is 1. The van der Waals surface area contributed by atoms with Gasteiger partial charge < -0.3 is 19.2 Å². The zero-order valence-electron chi connectivity index (χ0n) is 15.6. The van der Waals surface area contributed by atoms with Gasteiger partial charge in [0, 0.05) is 31.9 Å². The number of rotatable bonds is 7. The third-order valence-electron chi connectivity index (χ3n) is 4.18. The van der Waals surface area contributed by atoms with E-state index in [1.807, 2.05) is 29.8 Å². The smallest absolute Gasteiger partial charge is 0.194 e. The van der Waals surface area contributed by atoms with Crippen LogP contribution in [0.25, 0.3) is 11.0 Å². The van der Waals surface area contributed by atoms with Gasteiger partial charge in [0.15, 0.2) is 5.96 Å². The van der Waals surface area contributed by atoms with Gasteiger partial charge in [0.25, 0.3) is 0 Å². The summed E-state index contributed by atoms with van der Waals surface area (Å²) in [6.07, 6.45) is 2.63. The Bertz CT molecular complexity index is 833. The molecule has 7 nitrogen and oxygen atoms in total. The zero-order valence-corrected chi connectivity index (χ0v) is 15.6. The average molecular weight is 354 g/mol. The van der Waals surface area contributed by atoms with Crippen LogP contribution in [0, 0.1) is 0 Å². The van der Waals surface area contributed by atoms with Crippen molar-refractivity contribution in [3.05, 3.63) is 48.2 Å². The van der Waals surface area contributed by atoms with Crippen molar-refractivity contribution in [1.82, 2.24) is 25.0 Å². The van der Waals surface area contributed by atoms with E-state index in [9.17, 15) is 0 Å². The maximum atomic E-state index is 5.92. The summed E-state index contributed by atoms with van der Waals surface area (Å²) >= 11 is 0. The van der Waals surface area contributed by atoms with E-state index in [4.69, 9.17) is 9.41 Å². The van der Waals surface area contributed by atoms with Gasteiger partial charge in [0.2, 0.25) is 0 Å². The third-order valence-corrected chi connectivity index (χ3v) is 4.18. The van der Waals surface area contributed by atoms with Crippen molar-refractivity contribution in [1.29, 1.82) is 0 Å². The predicted octanol–water partition coefficient (Wildman–Crippen LogP) is 2.68. The first-order valence-corrected chi connectivity index (χ1v) is 9.04. The molecule has 7 heteroatoms. The number of hydrogen-bond donors (Lipinski definition) is 1. The molecular weight excluding hydrogens is 328 g/mol. The maximum absolute atomic E-state index is 5.92. The average Bonchev–Trinajstić information content (AvgIpc) is 3.26. The van der Waals surface area contributed by atoms with Gasteiger partial charge in [0.05, 0.1) is 13.1 Å². The van der Waals surface area contributed by atoms with Crippen molar-refractivity contribution < 1.29 is 4.42 Å². The summed E-state index contributed by atoms with van der Waals surface area (Å²) in [5, 5.41) is 12.5. The van der Waals surface area contributed by atoms with E-state index in [-0.39, 0.29) is 0 Å². The predicted molar refractivity (Wildman–Crippen MR) is 103 cm³/mol. The fourth-order valence-corrected chi connectivity index (χ4v) is 2.90. The SMILES string of the molecule is CCNC(=NCCn1cnnc1CC)N(C)Cc1cc2ccccc2o1. The Kier molecular flexibility index (Phi) is 5.88. The summed E-state index contributed by atoms with van der Waals surface area (Å²) in [6.45, 7) is 7.05. The van der Waals surface area contributed by atoms with E-state index in [0.717, 1.165) is 48.0 Å². The van der Waals surface area contributed by atoms with Crippen LogP contribution in [0.4, 0.5) is 0 Å². The van der Waals surface area contributed by atoms with E-state index in [0.29, 0.717) is 13.1 Å². The number of benzene rings is 1. The molecule has 138 valence electrons. The van der Waals surface area contributed by atoms with Crippen molar-refractivity contribution in [3.8, 4) is 0 Å². The minimum absolute atomic E-state index is 0.660. The molecule has 0 spiro atoms. The van der Waals surface area contributed by atoms with Crippen molar-refractivity contribution in [2.24, 2.45) is 4.99 Å². The molecule has 0 saturated carbocycles. The highest BCUT2D eigenvalue weighted by Crippen LogP contribution is 2.19. The lowest BCUT2D eigenvalue weighted by atomic mass is 10.2. The molecule has 2 aromatic heterocycles. The molecule has 0 atom stereocenters. The van der Waals surface area contributed by atoms with Crippen LogP contribution in [-0.4, -0.2) is 45.8 Å². The summed E-state index contributed by atoms with van der Waals surface area (Å²) in [7, 11) is 2.02. The molecule has 3 rings (SSSR count). The Morgan fingerprint density at radius 1 is 1.31 bits per heavy atom. The lowest BCUT2D eigenvalue weighted by molar-refractivity contribution is 0.412. The number of aliphatic imine (C=N–C) groups is 1. The molecule has 3 aromatic rings. The van der Waals surface area contributed by atoms with E-state index >= 15 is 0 Å². The van der Waals surface area contributed by atoms with Gasteiger partial charge in [-0.05, 0) is 19.1 Å². The van der Waals surface area contributed by atoms with Crippen LogP contribution in [0.2, 0.25) is 0 Å². The first kappa shape index (κ1) is 18.0. The minimum atomic E-state index is 0.660. The number of guanidine groups is 1. The van der Waals surface area contributed by atoms with Crippen LogP contribution in [0.1, 0.15) is 25.4 Å². The van der Waals surface area contributed by atoms with E-state index < -0.39 is 0 Å². The molecule has 1 aromatic carbocycles. The van der Waals surface area contributed by atoms with Crippen molar-refractivity contribution in [3.63, 3.8) is 0 Å². The van der Waals surface area contributed by atoms with Crippen molar-refractivity contribution in [2.45, 2.75) is 33.4 Å². The molecule has 0 aliphatic carbocycles. The monoisotopic (exact) mass is 354 g/mol. The van der Waals surface area contributed by atoms with Crippen LogP contribution >= 0.6 is 0 Å². The second-order valence-corrected chi connectivity index (χ2v) is 6.14. The van der Waals surface area contributed by atoms with Gasteiger partial charge in [-0.2, -0.15) is 0 Å². The van der Waals surface area contributed by atoms with Crippen LogP contribution in [0.3, 0.4) is 0 Å². The molecule has 0 amide bonds. The van der Waals surface area contributed by atoms with E-state index in [1.165, 1.54) is 0 Å². The Balaban J connectivity index is 1.65. The topological polar surface area (TPSA) is 71.5 Å². The Labute approximate surface area is 153 Å². The number of furan rings is 1. The molecule has 0 saturated heterocycles. The van der Waals surface area contributed by atoms with Gasteiger partial charge >= 0.3 is 0 Å². The fraction of sp³-hybridized carbons (Fsp3) is 0.421. The van der Waals surface area contributed by atoms with Crippen LogP contribution in [0.15, 0.2) is 46.1 Å². The van der Waals surface area contributed by atoms with Gasteiger partial charge in [-0.15, -0.1) is 10.2 Å². The highest BCUT2D eigenvalue weighted by atomic mass is 16.3. The lowest BCUT2D eigenvalue weighted by Gasteiger charge is -2.21. The fourth-order valence-electron chi connectivity index (χ4n) is 2.90. The Hall–Kier alpha value is -2.83. The quantitative estimate of drug-likeness (QED) is 0.522. The zero-order chi connectivity index (χ0) is 18.4. The molecule has 2 heterocycles. The number of nitrogens with zero attached hydrogens (tertiary/aromatic N) is 5. The van der Waals surface area contributed by atoms with Crippen molar-refractivity contribution >= 4 is 16.9 Å². The van der Waals surface area contributed by atoms with Crippen LogP contribution < -0.4 is 5.32 Å². The molecular formula is C19H26N6O. The summed E-state index contributed by atoms with van der Waals surface area (Å²) in [5.74, 6) is 2.77. The molecule has 1 N–H and O–H groups in total. The molecule has 26 heavy (non-hydrogen) atoms. The standard InChI is InChI=1S/C19H26N6O/c1-4-18-23-22-14-25(18)11-10-21-19(20-5-2)24(3)13-16-12-15-8-6-7-9-17(15)26-16/h6-9,12,14H,4-5,10-11,13H2,1-3H3,(H,20,21). The molecule has 0 unspecified atom stereocenters. The maximum Gasteiger partial charge on any atom is 0.194 e. The summed E-state index contributed by atoms with van der Waals surface area (Å²) in [6, 6.07) is 10.1. The highest BCUT2D eigenvalue weighted by molar-refractivity contribution is 5.80. The first-order chi connectivity index (χ1) is 12.7. The Morgan fingerprint density at radius 2 is 2.15 bits per heavy atom. The number of hydrogen-bond acceptors (Lipinski definition) is 4. The van der Waals surface area contributed by atoms with Gasteiger partial charge in [-0.25, -0.2) is 0 Å². The molecule has 0 radical (unpaired) electrons. The van der Waals surface area contributed by atoms with Crippen molar-refractivity contribution in [2.75, 3.05) is 20.1 Å². The van der Waals surface area contributed by atoms with Crippen LogP contribution in [0.5, 0.6) is 0 Å². The number of aromatic nitrogens is 3. The Morgan fingerprint density at radius 3 is 2.92 bits per heavy atom. The molecule has 0 fully saturated rings. The third kappa shape index (κ3) is 4.22. The molecule has 0 aliphatic heterocycles. The number of nitrogens with one attached hydrogen (secondary N) is 1. The summed E-state index contributed by atoms with van der Waals surface area (Å²) < 4.78 is 7.96. The highest BCUT2D eigenvalue weighted by Gasteiger charge is 2.10. The minimum Gasteiger partial charge on any atom is -0.459 e. The van der Waals surface area contributed by atoms with E-state index in [1.54, 1.807) is 6.33 Å². The van der Waals surface area contributed by atoms with Gasteiger partial charge in [0.1, 0.15) is 23.5 Å². The lowest BCUT2D eigenvalue weighted by Crippen LogP contribution is -2.38. The summed E-state index contributed by atoms with van der Waals surface area (Å²) in [4.78, 5) is 6.80. The van der Waals surface area contributed by atoms with Gasteiger partial charge in [-0.1, -0.05) is 25.1 Å². The van der Waals surface area contributed by atoms with Crippen LogP contribution in [-0.2, 0) is 19.5 Å². The number of para-hydroxylation sites is 1. The molecule has 0 aliphatic rings. The van der Waals surface area contributed by atoms with E-state index in [2.05, 4.69) is 46.4 Å². The summed E-state index contributed by atoms with van der Waals surface area (Å²) in [5.41, 5.74) is 0.914. The number of aryl methyl sites for hydroxylation is 1. The normalized spacial score (nSPS) is 11.9. The second-order valence-electron chi connectivity index (χ2n) is 6.14. The van der Waals surface area contributed by atoms with Gasteiger partial charge in [-0.3, -0.25) is 4.99 Å². The molecule has 0 bridgehead atoms. The largest absolute Gasteiger partial charge is 0.459 e. The second kappa shape index (κ2) is 8.51. The first-order valence-electron chi connectivity index (χ1n) is 9.04.